The number of aryl methyl sites for hydroxylation is 1. The van der Waals surface area contributed by atoms with Crippen LogP contribution in [0.3, 0.4) is 0 Å². The summed E-state index contributed by atoms with van der Waals surface area (Å²) in [4.78, 5) is 2.11. The smallest absolute Gasteiger partial charge is 0.217 e. The Morgan fingerprint density at radius 2 is 1.57 bits per heavy atom. The van der Waals surface area contributed by atoms with E-state index in [1.54, 1.807) is 0 Å². The Labute approximate surface area is 166 Å². The van der Waals surface area contributed by atoms with E-state index in [2.05, 4.69) is 108 Å². The largest absolute Gasteiger partial charge is 0.726 e. The van der Waals surface area contributed by atoms with Crippen molar-refractivity contribution in [1.82, 2.24) is 0 Å². The lowest BCUT2D eigenvalue weighted by Gasteiger charge is -2.11. The molecule has 0 saturated carbocycles. The molecule has 0 N–H and O–H groups in total. The molecule has 0 spiro atoms. The first-order valence-corrected chi connectivity index (χ1v) is 9.89. The molecule has 0 bridgehead atoms. The van der Waals surface area contributed by atoms with E-state index in [0.29, 0.717) is 0 Å². The van der Waals surface area contributed by atoms with Crippen molar-refractivity contribution in [3.63, 3.8) is 0 Å². The van der Waals surface area contributed by atoms with Crippen molar-refractivity contribution >= 4 is 39.1 Å². The Morgan fingerprint density at radius 1 is 0.964 bits per heavy atom. The van der Waals surface area contributed by atoms with Crippen LogP contribution in [0.15, 0.2) is 60.7 Å². The van der Waals surface area contributed by atoms with Gasteiger partial charge in [-0.3, -0.25) is 4.18 Å². The maximum absolute atomic E-state index is 9.22. The second-order valence-corrected chi connectivity index (χ2v) is 7.42. The first-order valence-electron chi connectivity index (χ1n) is 8.56. The van der Waals surface area contributed by atoms with Crippen LogP contribution in [0.2, 0.25) is 0 Å². The summed E-state index contributed by atoms with van der Waals surface area (Å²) in [6, 6.07) is 21.3. The van der Waals surface area contributed by atoms with Gasteiger partial charge in [-0.25, -0.2) is 8.42 Å². The van der Waals surface area contributed by atoms with Crippen molar-refractivity contribution in [3.8, 4) is 0 Å². The number of hydrogen-bond donors (Lipinski definition) is 0. The van der Waals surface area contributed by atoms with E-state index in [-0.39, 0.29) is 0 Å². The van der Waals surface area contributed by atoms with Crippen LogP contribution >= 0.6 is 0 Å². The summed E-state index contributed by atoms with van der Waals surface area (Å²) in [7, 11) is 2.62. The molecule has 0 amide bonds. The van der Waals surface area contributed by atoms with Crippen LogP contribution in [0, 0.1) is 0 Å². The lowest BCUT2D eigenvalue weighted by Crippen LogP contribution is -2.32. The fourth-order valence-electron chi connectivity index (χ4n) is 2.59. The van der Waals surface area contributed by atoms with Gasteiger partial charge in [0.25, 0.3) is 0 Å². The predicted octanol–water partition coefficient (Wildman–Crippen LogP) is 2.99. The van der Waals surface area contributed by atoms with Gasteiger partial charge in [-0.15, -0.1) is 0 Å². The van der Waals surface area contributed by atoms with E-state index in [1.807, 2.05) is 0 Å². The van der Waals surface area contributed by atoms with Crippen LogP contribution in [0.5, 0.6) is 0 Å². The highest BCUT2D eigenvalue weighted by Crippen LogP contribution is 2.15. The molecule has 0 saturated heterocycles. The molecule has 28 heavy (non-hydrogen) atoms. The molecule has 0 unspecified atom stereocenters. The lowest BCUT2D eigenvalue weighted by molar-refractivity contribution is -0.646. The van der Waals surface area contributed by atoms with Crippen LogP contribution in [0.4, 0.5) is 5.69 Å². The highest BCUT2D eigenvalue weighted by atomic mass is 32.3. The highest BCUT2D eigenvalue weighted by Gasteiger charge is 2.07. The van der Waals surface area contributed by atoms with E-state index in [9.17, 15) is 13.0 Å². The summed E-state index contributed by atoms with van der Waals surface area (Å²) in [5.41, 5.74) is 4.86. The van der Waals surface area contributed by atoms with E-state index >= 15 is 0 Å². The topological polar surface area (TPSA) is 73.5 Å². The Hall–Kier alpha value is -2.74. The van der Waals surface area contributed by atoms with Gasteiger partial charge in [-0.1, -0.05) is 24.3 Å². The maximum Gasteiger partial charge on any atom is 0.217 e. The number of para-hydroxylation sites is 1. The van der Waals surface area contributed by atoms with Crippen molar-refractivity contribution in [2.45, 2.75) is 0 Å². The van der Waals surface area contributed by atoms with Gasteiger partial charge in [0, 0.05) is 43.4 Å². The number of pyridine rings is 1. The molecule has 0 aliphatic rings. The van der Waals surface area contributed by atoms with E-state index < -0.39 is 10.4 Å². The molecule has 6 nitrogen and oxygen atoms in total. The summed E-state index contributed by atoms with van der Waals surface area (Å²) >= 11 is 0. The van der Waals surface area contributed by atoms with E-state index in [1.165, 1.54) is 27.8 Å². The third kappa shape index (κ3) is 6.16. The first-order chi connectivity index (χ1) is 13.2. The van der Waals surface area contributed by atoms with E-state index in [0.717, 1.165) is 7.11 Å². The minimum atomic E-state index is -4.41. The molecular weight excluding hydrogens is 376 g/mol. The molecule has 0 aliphatic carbocycles. The standard InChI is InChI=1S/C20H21N2.CH4O4S/c1-21(2)18-12-8-16(9-13-18)10-14-19-15-11-17-6-4-5-7-20(17)22(19)3;1-5-6(2,3)4/h4-15H,1-3H3;1H3,(H,2,3,4)/q+1;/p-1. The molecule has 0 aliphatic heterocycles. The zero-order valence-electron chi connectivity index (χ0n) is 16.4. The Kier molecular flexibility index (Phi) is 7.28. The van der Waals surface area contributed by atoms with Crippen molar-refractivity contribution < 1.29 is 21.7 Å². The second-order valence-electron chi connectivity index (χ2n) is 6.27. The molecule has 7 heteroatoms. The van der Waals surface area contributed by atoms with Crippen LogP contribution in [-0.2, 0) is 21.6 Å². The molecule has 0 radical (unpaired) electrons. The number of fused-ring (bicyclic) bond motifs is 1. The van der Waals surface area contributed by atoms with Crippen molar-refractivity contribution in [2.75, 3.05) is 26.1 Å². The van der Waals surface area contributed by atoms with Gasteiger partial charge in [0.05, 0.1) is 7.11 Å². The molecule has 2 aromatic carbocycles. The Morgan fingerprint density at radius 3 is 2.14 bits per heavy atom. The van der Waals surface area contributed by atoms with Crippen LogP contribution in [0.1, 0.15) is 11.3 Å². The molecular formula is C21H24N2O4S. The minimum absolute atomic E-state index is 0.808. The summed E-state index contributed by atoms with van der Waals surface area (Å²) in [6.45, 7) is 0. The highest BCUT2D eigenvalue weighted by molar-refractivity contribution is 7.80. The SMILES string of the molecule is CN(C)c1ccc(C=Cc2ccc3ccccc3[n+]2C)cc1.COS(=O)(=O)[O-]. The molecule has 1 heterocycles. The van der Waals surface area contributed by atoms with Crippen molar-refractivity contribution in [1.29, 1.82) is 0 Å². The number of hydrogen-bond acceptors (Lipinski definition) is 5. The predicted molar refractivity (Wildman–Crippen MR) is 112 cm³/mol. The van der Waals surface area contributed by atoms with Crippen molar-refractivity contribution in [2.24, 2.45) is 7.05 Å². The fourth-order valence-corrected chi connectivity index (χ4v) is 2.59. The Balaban J connectivity index is 0.000000409. The number of anilines is 1. The monoisotopic (exact) mass is 400 g/mol. The molecule has 3 rings (SSSR count). The number of benzene rings is 2. The fraction of sp³-hybridized carbons (Fsp3) is 0.190. The number of aromatic nitrogens is 1. The van der Waals surface area contributed by atoms with Gasteiger partial charge in [0.2, 0.25) is 21.6 Å². The molecule has 0 atom stereocenters. The summed E-state index contributed by atoms with van der Waals surface area (Å²) in [5, 5.41) is 1.26. The summed E-state index contributed by atoms with van der Waals surface area (Å²) in [6.07, 6.45) is 4.32. The zero-order chi connectivity index (χ0) is 20.7. The van der Waals surface area contributed by atoms with Crippen LogP contribution in [-0.4, -0.2) is 34.2 Å². The summed E-state index contributed by atoms with van der Waals surface area (Å²) < 4.78 is 33.2. The summed E-state index contributed by atoms with van der Waals surface area (Å²) in [5.74, 6) is 0. The average molecular weight is 401 g/mol. The number of rotatable bonds is 4. The molecule has 1 aromatic heterocycles. The molecule has 0 fully saturated rings. The third-order valence-corrected chi connectivity index (χ3v) is 4.59. The Bertz CT molecular complexity index is 1060. The lowest BCUT2D eigenvalue weighted by atomic mass is 10.1. The maximum atomic E-state index is 9.22. The third-order valence-electron chi connectivity index (χ3n) is 4.18. The van der Waals surface area contributed by atoms with Gasteiger partial charge in [0.15, 0.2) is 0 Å². The zero-order valence-corrected chi connectivity index (χ0v) is 17.2. The number of nitrogens with zero attached hydrogens (tertiary/aromatic N) is 2. The molecule has 3 aromatic rings. The van der Waals surface area contributed by atoms with Gasteiger partial charge < -0.3 is 9.45 Å². The van der Waals surface area contributed by atoms with Crippen LogP contribution in [0.25, 0.3) is 23.1 Å². The first kappa shape index (κ1) is 21.6. The van der Waals surface area contributed by atoms with Crippen LogP contribution < -0.4 is 9.47 Å². The normalized spacial score (nSPS) is 11.3. The van der Waals surface area contributed by atoms with Gasteiger partial charge in [0.1, 0.15) is 7.05 Å². The average Bonchev–Trinajstić information content (AvgIpc) is 2.68. The van der Waals surface area contributed by atoms with E-state index in [4.69, 9.17) is 0 Å². The minimum Gasteiger partial charge on any atom is -0.726 e. The van der Waals surface area contributed by atoms with Gasteiger partial charge in [-0.05, 0) is 35.9 Å². The molecule has 148 valence electrons. The van der Waals surface area contributed by atoms with Gasteiger partial charge in [-0.2, -0.15) is 4.57 Å². The second kappa shape index (κ2) is 9.45. The van der Waals surface area contributed by atoms with Gasteiger partial charge >= 0.3 is 0 Å². The quantitative estimate of drug-likeness (QED) is 0.382. The van der Waals surface area contributed by atoms with Crippen molar-refractivity contribution in [3.05, 3.63) is 71.9 Å².